The minimum absolute atomic E-state index is 0.0581. The number of rotatable bonds is 6. The summed E-state index contributed by atoms with van der Waals surface area (Å²) in [6.07, 6.45) is 7.17. The van der Waals surface area contributed by atoms with Crippen molar-refractivity contribution in [3.05, 3.63) is 12.4 Å². The van der Waals surface area contributed by atoms with Crippen molar-refractivity contribution < 1.29 is 8.42 Å². The second-order valence-corrected chi connectivity index (χ2v) is 8.39. The molecule has 2 unspecified atom stereocenters. The fourth-order valence-electron chi connectivity index (χ4n) is 2.58. The summed E-state index contributed by atoms with van der Waals surface area (Å²) >= 11 is 1.93. The lowest BCUT2D eigenvalue weighted by molar-refractivity contribution is 0.420. The summed E-state index contributed by atoms with van der Waals surface area (Å²) in [5, 5.41) is 4.61. The molecule has 7 heteroatoms. The van der Waals surface area contributed by atoms with Gasteiger partial charge in [0.1, 0.15) is 4.90 Å². The minimum atomic E-state index is -3.43. The Kier molecular flexibility index (Phi) is 5.51. The molecule has 1 aromatic heterocycles. The van der Waals surface area contributed by atoms with Crippen LogP contribution in [0.15, 0.2) is 17.3 Å². The molecule has 0 aliphatic heterocycles. The van der Waals surface area contributed by atoms with Crippen LogP contribution in [-0.2, 0) is 16.6 Å². The molecule has 20 heavy (non-hydrogen) atoms. The van der Waals surface area contributed by atoms with E-state index in [1.54, 1.807) is 10.9 Å². The van der Waals surface area contributed by atoms with E-state index in [1.807, 2.05) is 18.7 Å². The van der Waals surface area contributed by atoms with Gasteiger partial charge in [-0.2, -0.15) is 16.9 Å². The molecule has 1 aromatic rings. The number of nitrogens with zero attached hydrogens (tertiary/aromatic N) is 2. The minimum Gasteiger partial charge on any atom is -0.272 e. The molecule has 1 N–H and O–H groups in total. The Balaban J connectivity index is 2.00. The number of sulfonamides is 1. The quantitative estimate of drug-likeness (QED) is 0.874. The first-order chi connectivity index (χ1) is 9.55. The van der Waals surface area contributed by atoms with Gasteiger partial charge in [0.05, 0.1) is 6.20 Å². The average molecular weight is 317 g/mol. The van der Waals surface area contributed by atoms with Crippen molar-refractivity contribution >= 4 is 21.8 Å². The molecule has 0 amide bonds. The van der Waals surface area contributed by atoms with Crippen LogP contribution in [0.2, 0.25) is 0 Å². The van der Waals surface area contributed by atoms with Gasteiger partial charge in [-0.05, 0) is 31.9 Å². The second kappa shape index (κ2) is 6.95. The zero-order valence-corrected chi connectivity index (χ0v) is 13.7. The molecular weight excluding hydrogens is 294 g/mol. The highest BCUT2D eigenvalue weighted by Crippen LogP contribution is 2.29. The molecule has 1 fully saturated rings. The highest BCUT2D eigenvalue weighted by atomic mass is 32.2. The van der Waals surface area contributed by atoms with Crippen molar-refractivity contribution in [1.29, 1.82) is 0 Å². The van der Waals surface area contributed by atoms with Crippen molar-refractivity contribution in [2.75, 3.05) is 5.75 Å². The molecule has 2 rings (SSSR count). The normalized spacial score (nSPS) is 23.9. The van der Waals surface area contributed by atoms with Crippen LogP contribution in [0.3, 0.4) is 0 Å². The third-order valence-electron chi connectivity index (χ3n) is 3.59. The van der Waals surface area contributed by atoms with Gasteiger partial charge in [-0.3, -0.25) is 4.68 Å². The number of thioether (sulfide) groups is 1. The van der Waals surface area contributed by atoms with Crippen LogP contribution in [-0.4, -0.2) is 35.2 Å². The predicted octanol–water partition coefficient (Wildman–Crippen LogP) is 2.25. The first kappa shape index (κ1) is 15.9. The van der Waals surface area contributed by atoms with Gasteiger partial charge in [0, 0.05) is 24.0 Å². The second-order valence-electron chi connectivity index (χ2n) is 5.09. The Labute approximate surface area is 125 Å². The van der Waals surface area contributed by atoms with E-state index in [0.717, 1.165) is 25.0 Å². The Bertz CT molecular complexity index is 525. The number of hydrogen-bond acceptors (Lipinski definition) is 4. The molecule has 0 radical (unpaired) electrons. The molecule has 1 heterocycles. The Morgan fingerprint density at radius 1 is 1.45 bits per heavy atom. The maximum atomic E-state index is 12.3. The maximum Gasteiger partial charge on any atom is 0.243 e. The van der Waals surface area contributed by atoms with Crippen LogP contribution < -0.4 is 4.72 Å². The molecule has 0 spiro atoms. The van der Waals surface area contributed by atoms with E-state index in [1.165, 1.54) is 12.6 Å². The van der Waals surface area contributed by atoms with Gasteiger partial charge in [0.15, 0.2) is 0 Å². The summed E-state index contributed by atoms with van der Waals surface area (Å²) < 4.78 is 29.1. The van der Waals surface area contributed by atoms with E-state index >= 15 is 0 Å². The molecule has 5 nitrogen and oxygen atoms in total. The predicted molar refractivity (Wildman–Crippen MR) is 82.4 cm³/mol. The third-order valence-corrected chi connectivity index (χ3v) is 6.30. The van der Waals surface area contributed by atoms with E-state index in [9.17, 15) is 8.42 Å². The Hall–Kier alpha value is -0.530. The number of aromatic nitrogens is 2. The van der Waals surface area contributed by atoms with E-state index in [2.05, 4.69) is 16.7 Å². The molecule has 1 aliphatic carbocycles. The lowest BCUT2D eigenvalue weighted by Gasteiger charge is -2.28. The van der Waals surface area contributed by atoms with Crippen molar-refractivity contribution in [1.82, 2.24) is 14.5 Å². The Morgan fingerprint density at radius 2 is 2.25 bits per heavy atom. The SMILES string of the molecule is CCSC1CCCC(NS(=O)(=O)c2cnn(CC)c2)C1. The van der Waals surface area contributed by atoms with Gasteiger partial charge in [0.2, 0.25) is 10.0 Å². The number of hydrogen-bond donors (Lipinski definition) is 1. The van der Waals surface area contributed by atoms with Crippen molar-refractivity contribution in [2.24, 2.45) is 0 Å². The first-order valence-electron chi connectivity index (χ1n) is 7.21. The van der Waals surface area contributed by atoms with Gasteiger partial charge in [-0.15, -0.1) is 0 Å². The monoisotopic (exact) mass is 317 g/mol. The van der Waals surface area contributed by atoms with Crippen molar-refractivity contribution in [3.63, 3.8) is 0 Å². The maximum absolute atomic E-state index is 12.3. The lowest BCUT2D eigenvalue weighted by Crippen LogP contribution is -2.39. The Morgan fingerprint density at radius 3 is 2.90 bits per heavy atom. The molecule has 114 valence electrons. The summed E-state index contributed by atoms with van der Waals surface area (Å²) in [5.41, 5.74) is 0. The fourth-order valence-corrected chi connectivity index (χ4v) is 4.99. The zero-order chi connectivity index (χ0) is 14.6. The van der Waals surface area contributed by atoms with E-state index in [4.69, 9.17) is 0 Å². The van der Waals surface area contributed by atoms with Crippen LogP contribution >= 0.6 is 11.8 Å². The number of aryl methyl sites for hydroxylation is 1. The topological polar surface area (TPSA) is 64.0 Å². The third kappa shape index (κ3) is 3.99. The van der Waals surface area contributed by atoms with Gasteiger partial charge >= 0.3 is 0 Å². The van der Waals surface area contributed by atoms with Gasteiger partial charge < -0.3 is 0 Å². The molecule has 0 aromatic carbocycles. The molecule has 0 saturated heterocycles. The van der Waals surface area contributed by atoms with Gasteiger partial charge in [-0.25, -0.2) is 13.1 Å². The summed E-state index contributed by atoms with van der Waals surface area (Å²) in [4.78, 5) is 0.268. The largest absolute Gasteiger partial charge is 0.272 e. The molecule has 1 saturated carbocycles. The van der Waals surface area contributed by atoms with Crippen LogP contribution in [0.4, 0.5) is 0 Å². The van der Waals surface area contributed by atoms with Crippen LogP contribution in [0.5, 0.6) is 0 Å². The fraction of sp³-hybridized carbons (Fsp3) is 0.769. The summed E-state index contributed by atoms with van der Waals surface area (Å²) in [7, 11) is -3.43. The zero-order valence-electron chi connectivity index (χ0n) is 12.1. The summed E-state index contributed by atoms with van der Waals surface area (Å²) in [6, 6.07) is 0.0581. The molecule has 1 aliphatic rings. The van der Waals surface area contributed by atoms with Crippen LogP contribution in [0.25, 0.3) is 0 Å². The summed E-state index contributed by atoms with van der Waals surface area (Å²) in [5.74, 6) is 1.09. The smallest absolute Gasteiger partial charge is 0.243 e. The average Bonchev–Trinajstić information content (AvgIpc) is 2.88. The van der Waals surface area contributed by atoms with Gasteiger partial charge in [-0.1, -0.05) is 13.3 Å². The van der Waals surface area contributed by atoms with Gasteiger partial charge in [0.25, 0.3) is 0 Å². The van der Waals surface area contributed by atoms with Crippen molar-refractivity contribution in [2.45, 2.75) is 62.3 Å². The molecule has 2 atom stereocenters. The highest BCUT2D eigenvalue weighted by molar-refractivity contribution is 7.99. The molecule has 0 bridgehead atoms. The molecular formula is C13H23N3O2S2. The number of nitrogens with one attached hydrogen (secondary N) is 1. The standard InChI is InChI=1S/C13H23N3O2S2/c1-3-16-10-13(9-14-16)20(17,18)15-11-6-5-7-12(8-11)19-4-2/h9-12,15H,3-8H2,1-2H3. The highest BCUT2D eigenvalue weighted by Gasteiger charge is 2.27. The van der Waals surface area contributed by atoms with Crippen molar-refractivity contribution in [3.8, 4) is 0 Å². The van der Waals surface area contributed by atoms with E-state index in [0.29, 0.717) is 11.8 Å². The van der Waals surface area contributed by atoms with Crippen LogP contribution in [0, 0.1) is 0 Å². The lowest BCUT2D eigenvalue weighted by atomic mass is 9.96. The summed E-state index contributed by atoms with van der Waals surface area (Å²) in [6.45, 7) is 4.76. The van der Waals surface area contributed by atoms with Crippen LogP contribution in [0.1, 0.15) is 39.5 Å². The van der Waals surface area contributed by atoms with E-state index in [-0.39, 0.29) is 10.9 Å². The van der Waals surface area contributed by atoms with E-state index < -0.39 is 10.0 Å². The first-order valence-corrected chi connectivity index (χ1v) is 9.74.